The minimum Gasteiger partial charge on any atom is -0.496 e. The highest BCUT2D eigenvalue weighted by molar-refractivity contribution is 5.73. The fourth-order valence-corrected chi connectivity index (χ4v) is 2.02. The molecule has 0 aliphatic heterocycles. The fraction of sp³-hybridized carbons (Fsp3) is 0.0667. The van der Waals surface area contributed by atoms with Gasteiger partial charge in [-0.3, -0.25) is 0 Å². The lowest BCUT2D eigenvalue weighted by Crippen LogP contribution is -1.92. The Labute approximate surface area is 120 Å². The monoisotopic (exact) mass is 285 g/mol. The van der Waals surface area contributed by atoms with E-state index in [2.05, 4.69) is 10.1 Å². The summed E-state index contributed by atoms with van der Waals surface area (Å²) in [6.45, 7) is 0. The SMILES string of the molecule is COc1cccc(F)c1-c1nc(-c2ccccc2N)no1. The summed E-state index contributed by atoms with van der Waals surface area (Å²) >= 11 is 0. The average Bonchev–Trinajstić information content (AvgIpc) is 2.96. The molecule has 2 aromatic carbocycles. The van der Waals surface area contributed by atoms with Gasteiger partial charge in [-0.25, -0.2) is 4.39 Å². The highest BCUT2D eigenvalue weighted by Crippen LogP contribution is 2.33. The second-order valence-electron chi connectivity index (χ2n) is 4.33. The van der Waals surface area contributed by atoms with Crippen molar-refractivity contribution in [2.75, 3.05) is 12.8 Å². The summed E-state index contributed by atoms with van der Waals surface area (Å²) in [6, 6.07) is 11.6. The first-order valence-corrected chi connectivity index (χ1v) is 6.22. The van der Waals surface area contributed by atoms with Gasteiger partial charge in [0, 0.05) is 11.3 Å². The van der Waals surface area contributed by atoms with Gasteiger partial charge in [-0.2, -0.15) is 4.98 Å². The van der Waals surface area contributed by atoms with Crippen molar-refractivity contribution in [3.05, 3.63) is 48.3 Å². The van der Waals surface area contributed by atoms with Gasteiger partial charge in [0.15, 0.2) is 0 Å². The summed E-state index contributed by atoms with van der Waals surface area (Å²) < 4.78 is 24.3. The van der Waals surface area contributed by atoms with Crippen molar-refractivity contribution in [2.24, 2.45) is 0 Å². The average molecular weight is 285 g/mol. The molecule has 21 heavy (non-hydrogen) atoms. The van der Waals surface area contributed by atoms with Gasteiger partial charge in [-0.1, -0.05) is 23.4 Å². The van der Waals surface area contributed by atoms with Crippen molar-refractivity contribution < 1.29 is 13.7 Å². The highest BCUT2D eigenvalue weighted by atomic mass is 19.1. The molecule has 0 aliphatic rings. The van der Waals surface area contributed by atoms with Crippen molar-refractivity contribution in [2.45, 2.75) is 0 Å². The van der Waals surface area contributed by atoms with Crippen molar-refractivity contribution in [3.63, 3.8) is 0 Å². The largest absolute Gasteiger partial charge is 0.496 e. The Balaban J connectivity index is 2.10. The van der Waals surface area contributed by atoms with Gasteiger partial charge in [0.05, 0.1) is 7.11 Å². The van der Waals surface area contributed by atoms with Crippen LogP contribution < -0.4 is 10.5 Å². The topological polar surface area (TPSA) is 74.2 Å². The molecule has 5 nitrogen and oxygen atoms in total. The van der Waals surface area contributed by atoms with E-state index >= 15 is 0 Å². The van der Waals surface area contributed by atoms with Gasteiger partial charge in [-0.05, 0) is 24.3 Å². The maximum absolute atomic E-state index is 14.0. The summed E-state index contributed by atoms with van der Waals surface area (Å²) in [7, 11) is 1.45. The smallest absolute Gasteiger partial charge is 0.265 e. The maximum Gasteiger partial charge on any atom is 0.265 e. The second-order valence-corrected chi connectivity index (χ2v) is 4.33. The number of halogens is 1. The van der Waals surface area contributed by atoms with Gasteiger partial charge in [-0.15, -0.1) is 0 Å². The van der Waals surface area contributed by atoms with Crippen LogP contribution >= 0.6 is 0 Å². The Bertz CT molecular complexity index is 786. The molecule has 3 aromatic rings. The summed E-state index contributed by atoms with van der Waals surface area (Å²) in [5, 5.41) is 3.85. The normalized spacial score (nSPS) is 10.6. The van der Waals surface area contributed by atoms with Crippen LogP contribution in [-0.4, -0.2) is 17.3 Å². The molecule has 0 spiro atoms. The third-order valence-corrected chi connectivity index (χ3v) is 3.04. The highest BCUT2D eigenvalue weighted by Gasteiger charge is 2.19. The second kappa shape index (κ2) is 5.24. The van der Waals surface area contributed by atoms with Gasteiger partial charge < -0.3 is 15.0 Å². The van der Waals surface area contributed by atoms with Crippen molar-refractivity contribution in [3.8, 4) is 28.6 Å². The van der Waals surface area contributed by atoms with Crippen LogP contribution in [0.15, 0.2) is 47.0 Å². The van der Waals surface area contributed by atoms with E-state index in [4.69, 9.17) is 15.0 Å². The Kier molecular flexibility index (Phi) is 3.27. The molecule has 0 saturated carbocycles. The molecule has 1 heterocycles. The number of rotatable bonds is 3. The molecule has 0 fully saturated rings. The van der Waals surface area contributed by atoms with Crippen LogP contribution in [0.1, 0.15) is 0 Å². The number of hydrogen-bond donors (Lipinski definition) is 1. The van der Waals surface area contributed by atoms with Crippen LogP contribution in [0.4, 0.5) is 10.1 Å². The van der Waals surface area contributed by atoms with E-state index < -0.39 is 5.82 Å². The zero-order valence-corrected chi connectivity index (χ0v) is 11.2. The number of nitrogens with two attached hydrogens (primary N) is 1. The van der Waals surface area contributed by atoms with Crippen LogP contribution in [0.3, 0.4) is 0 Å². The Morgan fingerprint density at radius 3 is 2.71 bits per heavy atom. The van der Waals surface area contributed by atoms with Crippen LogP contribution in [0, 0.1) is 5.82 Å². The Morgan fingerprint density at radius 1 is 1.14 bits per heavy atom. The molecule has 0 aliphatic carbocycles. The van der Waals surface area contributed by atoms with Gasteiger partial charge in [0.2, 0.25) is 5.82 Å². The summed E-state index contributed by atoms with van der Waals surface area (Å²) in [5.41, 5.74) is 7.15. The van der Waals surface area contributed by atoms with Crippen LogP contribution in [-0.2, 0) is 0 Å². The first-order valence-electron chi connectivity index (χ1n) is 6.22. The van der Waals surface area contributed by atoms with Crippen molar-refractivity contribution in [1.29, 1.82) is 0 Å². The molecule has 0 radical (unpaired) electrons. The van der Waals surface area contributed by atoms with E-state index in [0.29, 0.717) is 22.8 Å². The lowest BCUT2D eigenvalue weighted by molar-refractivity contribution is 0.401. The molecule has 6 heteroatoms. The number of methoxy groups -OCH3 is 1. The minimum absolute atomic E-state index is 0.0446. The zero-order chi connectivity index (χ0) is 14.8. The number of anilines is 1. The Hall–Kier alpha value is -2.89. The van der Waals surface area contributed by atoms with Gasteiger partial charge in [0.1, 0.15) is 17.1 Å². The molecule has 0 atom stereocenters. The standard InChI is InChI=1S/C15H12FN3O2/c1-20-12-8-4-6-10(16)13(12)15-18-14(19-21-15)9-5-2-3-7-11(9)17/h2-8H,17H2,1H3. The number of aromatic nitrogens is 2. The fourth-order valence-electron chi connectivity index (χ4n) is 2.02. The molecule has 3 rings (SSSR count). The minimum atomic E-state index is -0.495. The van der Waals surface area contributed by atoms with Crippen LogP contribution in [0.5, 0.6) is 5.75 Å². The summed E-state index contributed by atoms with van der Waals surface area (Å²) in [6.07, 6.45) is 0. The molecule has 1 aromatic heterocycles. The number of nitrogen functional groups attached to an aromatic ring is 1. The predicted octanol–water partition coefficient (Wildman–Crippen LogP) is 3.13. The van der Waals surface area contributed by atoms with Gasteiger partial charge in [0.25, 0.3) is 5.89 Å². The van der Waals surface area contributed by atoms with E-state index in [-0.39, 0.29) is 11.5 Å². The van der Waals surface area contributed by atoms with Gasteiger partial charge >= 0.3 is 0 Å². The number of para-hydroxylation sites is 1. The molecule has 0 bridgehead atoms. The van der Waals surface area contributed by atoms with Crippen LogP contribution in [0.2, 0.25) is 0 Å². The lowest BCUT2D eigenvalue weighted by atomic mass is 10.1. The Morgan fingerprint density at radius 2 is 1.95 bits per heavy atom. The van der Waals surface area contributed by atoms with Crippen molar-refractivity contribution >= 4 is 5.69 Å². The van der Waals surface area contributed by atoms with E-state index in [1.54, 1.807) is 30.3 Å². The number of benzene rings is 2. The zero-order valence-electron chi connectivity index (χ0n) is 11.2. The van der Waals surface area contributed by atoms with E-state index in [9.17, 15) is 4.39 Å². The summed E-state index contributed by atoms with van der Waals surface area (Å²) in [4.78, 5) is 4.20. The van der Waals surface area contributed by atoms with Crippen LogP contribution in [0.25, 0.3) is 22.8 Å². The number of hydrogen-bond acceptors (Lipinski definition) is 5. The van der Waals surface area contributed by atoms with E-state index in [0.717, 1.165) is 0 Å². The third-order valence-electron chi connectivity index (χ3n) is 3.04. The lowest BCUT2D eigenvalue weighted by Gasteiger charge is -2.04. The molecule has 106 valence electrons. The third kappa shape index (κ3) is 2.31. The molecular weight excluding hydrogens is 273 g/mol. The molecule has 2 N–H and O–H groups in total. The first-order chi connectivity index (χ1) is 10.2. The quantitative estimate of drug-likeness (QED) is 0.748. The molecule has 0 unspecified atom stereocenters. The molecule has 0 amide bonds. The number of nitrogens with zero attached hydrogens (tertiary/aromatic N) is 2. The van der Waals surface area contributed by atoms with Crippen molar-refractivity contribution in [1.82, 2.24) is 10.1 Å². The summed E-state index contributed by atoms with van der Waals surface area (Å²) in [5.74, 6) is 0.174. The predicted molar refractivity (Wildman–Crippen MR) is 76.1 cm³/mol. The molecular formula is C15H12FN3O2. The van der Waals surface area contributed by atoms with E-state index in [1.807, 2.05) is 6.07 Å². The first kappa shape index (κ1) is 13.1. The maximum atomic E-state index is 14.0. The molecule has 0 saturated heterocycles. The van der Waals surface area contributed by atoms with E-state index in [1.165, 1.54) is 13.2 Å². The number of ether oxygens (including phenoxy) is 1.